The minimum Gasteiger partial charge on any atom is -0.336 e. The van der Waals surface area contributed by atoms with Gasteiger partial charge in [0.05, 0.1) is 12.4 Å². The summed E-state index contributed by atoms with van der Waals surface area (Å²) in [5.41, 5.74) is 1.22. The van der Waals surface area contributed by atoms with Gasteiger partial charge < -0.3 is 20.1 Å². The Kier molecular flexibility index (Phi) is 5.97. The predicted molar refractivity (Wildman–Crippen MR) is 89.0 cm³/mol. The van der Waals surface area contributed by atoms with Gasteiger partial charge in [0.25, 0.3) is 0 Å². The zero-order valence-electron chi connectivity index (χ0n) is 13.2. The zero-order chi connectivity index (χ0) is 15.9. The fourth-order valence-electron chi connectivity index (χ4n) is 2.28. The summed E-state index contributed by atoms with van der Waals surface area (Å²) in [6, 6.07) is 2.17. The molecule has 2 amide bonds. The smallest absolute Gasteiger partial charge is 0.315 e. The maximum atomic E-state index is 12.0. The molecule has 2 aromatic heterocycles. The van der Waals surface area contributed by atoms with E-state index in [4.69, 9.17) is 0 Å². The third-order valence-corrected chi connectivity index (χ3v) is 4.13. The van der Waals surface area contributed by atoms with E-state index in [-0.39, 0.29) is 18.1 Å². The van der Waals surface area contributed by atoms with Crippen molar-refractivity contribution >= 4 is 17.4 Å². The number of nitrogens with one attached hydrogen (secondary N) is 2. The molecule has 0 radical (unpaired) electrons. The first-order valence-corrected chi connectivity index (χ1v) is 8.19. The van der Waals surface area contributed by atoms with Crippen molar-refractivity contribution in [1.82, 2.24) is 25.1 Å². The van der Waals surface area contributed by atoms with Crippen LogP contribution in [0.1, 0.15) is 18.5 Å². The number of thiophene rings is 1. The number of urea groups is 1. The van der Waals surface area contributed by atoms with E-state index in [1.165, 1.54) is 5.56 Å². The number of rotatable bonds is 7. The molecule has 0 fully saturated rings. The number of imidazole rings is 1. The van der Waals surface area contributed by atoms with Crippen molar-refractivity contribution in [2.24, 2.45) is 0 Å². The molecule has 0 saturated heterocycles. The number of nitrogens with zero attached hydrogens (tertiary/aromatic N) is 3. The molecular weight excluding hydrogens is 298 g/mol. The molecule has 0 aromatic carbocycles. The third-order valence-electron chi connectivity index (χ3n) is 3.43. The molecule has 2 rings (SSSR count). The van der Waals surface area contributed by atoms with Gasteiger partial charge >= 0.3 is 6.03 Å². The van der Waals surface area contributed by atoms with Gasteiger partial charge in [-0.15, -0.1) is 0 Å². The summed E-state index contributed by atoms with van der Waals surface area (Å²) in [6.45, 7) is 3.25. The Morgan fingerprint density at radius 3 is 2.91 bits per heavy atom. The highest BCUT2D eigenvalue weighted by Gasteiger charge is 2.16. The van der Waals surface area contributed by atoms with Crippen molar-refractivity contribution in [3.8, 4) is 0 Å². The second-order valence-corrected chi connectivity index (χ2v) is 6.33. The van der Waals surface area contributed by atoms with Crippen LogP contribution in [0.15, 0.2) is 35.5 Å². The van der Waals surface area contributed by atoms with Gasteiger partial charge in [0.2, 0.25) is 0 Å². The standard InChI is InChI=1S/C15H23N5OS/c1-12(9-20-6-5-16-11-20)18-15(21)17-8-14(19(2)3)13-4-7-22-10-13/h4-7,10-12,14H,8-9H2,1-3H3,(H2,17,18,21)/t12-,14-/m0/s1. The second kappa shape index (κ2) is 7.95. The number of carbonyl (C=O) groups excluding carboxylic acids is 1. The van der Waals surface area contributed by atoms with Gasteiger partial charge in [-0.05, 0) is 43.4 Å². The summed E-state index contributed by atoms with van der Waals surface area (Å²) in [4.78, 5) is 18.1. The molecule has 22 heavy (non-hydrogen) atoms. The van der Waals surface area contributed by atoms with Crippen LogP contribution in [0.2, 0.25) is 0 Å². The monoisotopic (exact) mass is 321 g/mol. The van der Waals surface area contributed by atoms with Gasteiger partial charge in [-0.25, -0.2) is 9.78 Å². The van der Waals surface area contributed by atoms with Crippen LogP contribution < -0.4 is 10.6 Å². The number of aromatic nitrogens is 2. The summed E-state index contributed by atoms with van der Waals surface area (Å²) in [7, 11) is 4.03. The lowest BCUT2D eigenvalue weighted by molar-refractivity contribution is 0.229. The number of hydrogen-bond acceptors (Lipinski definition) is 4. The van der Waals surface area contributed by atoms with E-state index in [1.54, 1.807) is 23.9 Å². The molecular formula is C15H23N5OS. The van der Waals surface area contributed by atoms with Gasteiger partial charge in [0, 0.05) is 31.5 Å². The topological polar surface area (TPSA) is 62.2 Å². The molecule has 120 valence electrons. The first kappa shape index (κ1) is 16.5. The van der Waals surface area contributed by atoms with Crippen LogP contribution in [0.4, 0.5) is 4.79 Å². The molecule has 0 unspecified atom stereocenters. The SMILES string of the molecule is C[C@@H](Cn1ccnc1)NC(=O)NC[C@@H](c1ccsc1)N(C)C. The molecule has 0 aliphatic heterocycles. The van der Waals surface area contributed by atoms with E-state index in [9.17, 15) is 4.79 Å². The highest BCUT2D eigenvalue weighted by atomic mass is 32.1. The van der Waals surface area contributed by atoms with Crippen LogP contribution in [0.3, 0.4) is 0 Å². The van der Waals surface area contributed by atoms with Gasteiger partial charge in [-0.3, -0.25) is 0 Å². The van der Waals surface area contributed by atoms with Crippen molar-refractivity contribution in [3.05, 3.63) is 41.1 Å². The van der Waals surface area contributed by atoms with Crippen LogP contribution >= 0.6 is 11.3 Å². The minimum absolute atomic E-state index is 0.0353. The fourth-order valence-corrected chi connectivity index (χ4v) is 2.99. The number of hydrogen-bond donors (Lipinski definition) is 2. The van der Waals surface area contributed by atoms with E-state index in [1.807, 2.05) is 31.8 Å². The molecule has 2 aromatic rings. The van der Waals surface area contributed by atoms with Gasteiger partial charge in [-0.1, -0.05) is 0 Å². The van der Waals surface area contributed by atoms with Gasteiger partial charge in [0.15, 0.2) is 0 Å². The summed E-state index contributed by atoms with van der Waals surface area (Å²) in [5, 5.41) is 10.1. The fraction of sp³-hybridized carbons (Fsp3) is 0.467. The summed E-state index contributed by atoms with van der Waals surface area (Å²) >= 11 is 1.67. The van der Waals surface area contributed by atoms with Crippen LogP contribution in [-0.2, 0) is 6.54 Å². The van der Waals surface area contributed by atoms with Crippen LogP contribution in [0.25, 0.3) is 0 Å². The number of likely N-dealkylation sites (N-methyl/N-ethyl adjacent to an activating group) is 1. The largest absolute Gasteiger partial charge is 0.336 e. The number of carbonyl (C=O) groups is 1. The normalized spacial score (nSPS) is 13.8. The van der Waals surface area contributed by atoms with Crippen molar-refractivity contribution in [2.75, 3.05) is 20.6 Å². The molecule has 2 N–H and O–H groups in total. The average Bonchev–Trinajstić information content (AvgIpc) is 3.11. The molecule has 0 bridgehead atoms. The lowest BCUT2D eigenvalue weighted by Gasteiger charge is -2.24. The van der Waals surface area contributed by atoms with E-state index in [2.05, 4.69) is 37.3 Å². The van der Waals surface area contributed by atoms with Crippen molar-refractivity contribution < 1.29 is 4.79 Å². The van der Waals surface area contributed by atoms with Crippen LogP contribution in [-0.4, -0.2) is 47.2 Å². The Morgan fingerprint density at radius 1 is 1.50 bits per heavy atom. The lowest BCUT2D eigenvalue weighted by atomic mass is 10.1. The van der Waals surface area contributed by atoms with Crippen molar-refractivity contribution in [2.45, 2.75) is 25.6 Å². The van der Waals surface area contributed by atoms with E-state index < -0.39 is 0 Å². The summed E-state index contributed by atoms with van der Waals surface area (Å²) in [6.07, 6.45) is 5.36. The van der Waals surface area contributed by atoms with Crippen LogP contribution in [0, 0.1) is 0 Å². The highest BCUT2D eigenvalue weighted by molar-refractivity contribution is 7.07. The second-order valence-electron chi connectivity index (χ2n) is 5.55. The Morgan fingerprint density at radius 2 is 2.32 bits per heavy atom. The van der Waals surface area contributed by atoms with Gasteiger partial charge in [0.1, 0.15) is 0 Å². The van der Waals surface area contributed by atoms with Crippen molar-refractivity contribution in [1.29, 1.82) is 0 Å². The maximum absolute atomic E-state index is 12.0. The van der Waals surface area contributed by atoms with Gasteiger partial charge in [-0.2, -0.15) is 11.3 Å². The first-order chi connectivity index (χ1) is 10.6. The zero-order valence-corrected chi connectivity index (χ0v) is 14.0. The van der Waals surface area contributed by atoms with Crippen LogP contribution in [0.5, 0.6) is 0 Å². The van der Waals surface area contributed by atoms with E-state index in [0.717, 1.165) is 0 Å². The third kappa shape index (κ3) is 4.85. The average molecular weight is 321 g/mol. The Labute approximate surface area is 135 Å². The first-order valence-electron chi connectivity index (χ1n) is 7.25. The molecule has 2 heterocycles. The molecule has 2 atom stereocenters. The Bertz CT molecular complexity index is 553. The summed E-state index contributed by atoms with van der Waals surface area (Å²) in [5.74, 6) is 0. The molecule has 0 aliphatic carbocycles. The lowest BCUT2D eigenvalue weighted by Crippen LogP contribution is -2.45. The summed E-state index contributed by atoms with van der Waals surface area (Å²) < 4.78 is 1.94. The predicted octanol–water partition coefficient (Wildman–Crippen LogP) is 1.94. The quantitative estimate of drug-likeness (QED) is 0.819. The molecule has 7 heteroatoms. The Balaban J connectivity index is 1.78. The van der Waals surface area contributed by atoms with E-state index in [0.29, 0.717) is 13.1 Å². The molecule has 0 aliphatic rings. The minimum atomic E-state index is -0.144. The van der Waals surface area contributed by atoms with E-state index >= 15 is 0 Å². The Hall–Kier alpha value is -1.86. The molecule has 6 nitrogen and oxygen atoms in total. The molecule has 0 spiro atoms. The molecule has 0 saturated carbocycles. The van der Waals surface area contributed by atoms with Crippen molar-refractivity contribution in [3.63, 3.8) is 0 Å². The maximum Gasteiger partial charge on any atom is 0.315 e. The highest BCUT2D eigenvalue weighted by Crippen LogP contribution is 2.19. The number of amides is 2.